The van der Waals surface area contributed by atoms with Gasteiger partial charge in [-0.2, -0.15) is 0 Å². The number of phenolic OH excluding ortho intramolecular Hbond substituents is 1. The lowest BCUT2D eigenvalue weighted by Gasteiger charge is -2.35. The smallest absolute Gasteiger partial charge is 0.412 e. The van der Waals surface area contributed by atoms with Crippen molar-refractivity contribution in [3.8, 4) is 5.75 Å². The number of hydrogen-bond acceptors (Lipinski definition) is 4. The van der Waals surface area contributed by atoms with Crippen molar-refractivity contribution in [1.29, 1.82) is 0 Å². The van der Waals surface area contributed by atoms with Gasteiger partial charge in [0, 0.05) is 11.2 Å². The number of anilines is 1. The third-order valence-electron chi connectivity index (χ3n) is 3.92. The van der Waals surface area contributed by atoms with E-state index in [-0.39, 0.29) is 5.75 Å². The van der Waals surface area contributed by atoms with Gasteiger partial charge in [0.1, 0.15) is 11.4 Å². The Labute approximate surface area is 131 Å². The summed E-state index contributed by atoms with van der Waals surface area (Å²) >= 11 is 0. The molecule has 4 N–H and O–H groups in total. The molecule has 0 atom stereocenters. The number of benzene rings is 1. The first kappa shape index (κ1) is 16.6. The van der Waals surface area contributed by atoms with E-state index in [0.717, 1.165) is 31.2 Å². The molecule has 1 amide bonds. The predicted molar refractivity (Wildman–Crippen MR) is 86.9 cm³/mol. The van der Waals surface area contributed by atoms with Gasteiger partial charge in [0.2, 0.25) is 0 Å². The molecule has 1 aliphatic rings. The van der Waals surface area contributed by atoms with Gasteiger partial charge in [-0.3, -0.25) is 5.32 Å². The number of phenols is 1. The van der Waals surface area contributed by atoms with Crippen LogP contribution in [0.5, 0.6) is 5.75 Å². The first-order valence-electron chi connectivity index (χ1n) is 7.82. The average molecular weight is 306 g/mol. The van der Waals surface area contributed by atoms with E-state index in [4.69, 9.17) is 10.5 Å². The van der Waals surface area contributed by atoms with E-state index in [0.29, 0.717) is 5.69 Å². The van der Waals surface area contributed by atoms with E-state index >= 15 is 0 Å². The zero-order chi connectivity index (χ0) is 16.4. The minimum absolute atomic E-state index is 0.153. The summed E-state index contributed by atoms with van der Waals surface area (Å²) in [5.74, 6) is 0.153. The molecule has 1 fully saturated rings. The SMILES string of the molecule is CC(C)(C)OC(=O)Nc1ccc(O)cc1C1(N)CCCCC1. The van der Waals surface area contributed by atoms with Gasteiger partial charge in [-0.15, -0.1) is 0 Å². The Morgan fingerprint density at radius 1 is 1.27 bits per heavy atom. The molecule has 5 heteroatoms. The summed E-state index contributed by atoms with van der Waals surface area (Å²) < 4.78 is 5.29. The van der Waals surface area contributed by atoms with Crippen LogP contribution in [0.4, 0.5) is 10.5 Å². The van der Waals surface area contributed by atoms with Crippen molar-refractivity contribution in [2.75, 3.05) is 5.32 Å². The van der Waals surface area contributed by atoms with Gasteiger partial charge in [-0.25, -0.2) is 4.79 Å². The van der Waals surface area contributed by atoms with Crippen molar-refractivity contribution >= 4 is 11.8 Å². The molecule has 1 aromatic carbocycles. The van der Waals surface area contributed by atoms with Crippen molar-refractivity contribution in [2.24, 2.45) is 5.73 Å². The molecule has 0 saturated heterocycles. The second kappa shape index (κ2) is 6.16. The zero-order valence-electron chi connectivity index (χ0n) is 13.6. The van der Waals surface area contributed by atoms with Gasteiger partial charge in [0.15, 0.2) is 0 Å². The molecule has 1 aromatic rings. The fraction of sp³-hybridized carbons (Fsp3) is 0.588. The third kappa shape index (κ3) is 4.13. The van der Waals surface area contributed by atoms with Crippen LogP contribution >= 0.6 is 0 Å². The highest BCUT2D eigenvalue weighted by Crippen LogP contribution is 2.39. The van der Waals surface area contributed by atoms with E-state index in [9.17, 15) is 9.90 Å². The highest BCUT2D eigenvalue weighted by Gasteiger charge is 2.32. The number of carbonyl (C=O) groups is 1. The van der Waals surface area contributed by atoms with E-state index in [1.165, 1.54) is 6.42 Å². The summed E-state index contributed by atoms with van der Waals surface area (Å²) in [5, 5.41) is 12.6. The molecule has 2 rings (SSSR count). The second-order valence-corrected chi connectivity index (χ2v) is 7.07. The van der Waals surface area contributed by atoms with Crippen LogP contribution in [0.3, 0.4) is 0 Å². The van der Waals surface area contributed by atoms with Crippen LogP contribution in [-0.4, -0.2) is 16.8 Å². The fourth-order valence-electron chi connectivity index (χ4n) is 2.92. The van der Waals surface area contributed by atoms with Crippen molar-refractivity contribution in [3.05, 3.63) is 23.8 Å². The average Bonchev–Trinajstić information content (AvgIpc) is 2.39. The lowest BCUT2D eigenvalue weighted by molar-refractivity contribution is 0.0635. The number of nitrogens with two attached hydrogens (primary N) is 1. The Morgan fingerprint density at radius 2 is 1.91 bits per heavy atom. The van der Waals surface area contributed by atoms with Gasteiger partial charge in [0.25, 0.3) is 0 Å². The Morgan fingerprint density at radius 3 is 2.50 bits per heavy atom. The van der Waals surface area contributed by atoms with Crippen molar-refractivity contribution in [3.63, 3.8) is 0 Å². The van der Waals surface area contributed by atoms with Crippen LogP contribution in [-0.2, 0) is 10.3 Å². The standard InChI is InChI=1S/C17H26N2O3/c1-16(2,3)22-15(21)19-14-8-7-12(20)11-13(14)17(18)9-5-4-6-10-17/h7-8,11,20H,4-6,9-10,18H2,1-3H3,(H,19,21). The lowest BCUT2D eigenvalue weighted by atomic mass is 9.77. The molecule has 0 aliphatic heterocycles. The number of carbonyl (C=O) groups excluding carboxylic acids is 1. The molecule has 0 bridgehead atoms. The van der Waals surface area contributed by atoms with Gasteiger partial charge < -0.3 is 15.6 Å². The fourth-order valence-corrected chi connectivity index (χ4v) is 2.92. The zero-order valence-corrected chi connectivity index (χ0v) is 13.6. The molecule has 1 aliphatic carbocycles. The number of ether oxygens (including phenoxy) is 1. The molecule has 122 valence electrons. The number of rotatable bonds is 2. The molecule has 0 aromatic heterocycles. The minimum Gasteiger partial charge on any atom is -0.508 e. The molecule has 5 nitrogen and oxygen atoms in total. The monoisotopic (exact) mass is 306 g/mol. The Kier molecular flexibility index (Phi) is 4.66. The third-order valence-corrected chi connectivity index (χ3v) is 3.92. The van der Waals surface area contributed by atoms with Crippen LogP contribution in [0.1, 0.15) is 58.4 Å². The largest absolute Gasteiger partial charge is 0.508 e. The number of nitrogens with one attached hydrogen (secondary N) is 1. The molecular formula is C17H26N2O3. The van der Waals surface area contributed by atoms with Crippen LogP contribution in [0.25, 0.3) is 0 Å². The minimum atomic E-state index is -0.563. The number of aromatic hydroxyl groups is 1. The van der Waals surface area contributed by atoms with E-state index in [1.54, 1.807) is 18.2 Å². The van der Waals surface area contributed by atoms with E-state index in [2.05, 4.69) is 5.32 Å². The molecule has 0 radical (unpaired) electrons. The van der Waals surface area contributed by atoms with E-state index in [1.807, 2.05) is 20.8 Å². The highest BCUT2D eigenvalue weighted by atomic mass is 16.6. The maximum absolute atomic E-state index is 12.0. The maximum atomic E-state index is 12.0. The number of amides is 1. The molecule has 0 unspecified atom stereocenters. The summed E-state index contributed by atoms with van der Waals surface area (Å²) in [6.07, 6.45) is 4.46. The first-order chi connectivity index (χ1) is 10.2. The quantitative estimate of drug-likeness (QED) is 0.724. The van der Waals surface area contributed by atoms with Crippen LogP contribution in [0, 0.1) is 0 Å². The van der Waals surface area contributed by atoms with Crippen molar-refractivity contribution in [2.45, 2.75) is 64.0 Å². The highest BCUT2D eigenvalue weighted by molar-refractivity contribution is 5.86. The predicted octanol–water partition coefficient (Wildman–Crippen LogP) is 3.86. The van der Waals surface area contributed by atoms with Gasteiger partial charge in [-0.1, -0.05) is 19.3 Å². The van der Waals surface area contributed by atoms with Crippen molar-refractivity contribution in [1.82, 2.24) is 0 Å². The summed E-state index contributed by atoms with van der Waals surface area (Å²) in [5.41, 5.74) is 6.86. The normalized spacial score (nSPS) is 17.8. The molecule has 1 saturated carbocycles. The van der Waals surface area contributed by atoms with Gasteiger partial charge in [0.05, 0.1) is 0 Å². The van der Waals surface area contributed by atoms with Crippen LogP contribution in [0.15, 0.2) is 18.2 Å². The topological polar surface area (TPSA) is 84.6 Å². The molecular weight excluding hydrogens is 280 g/mol. The summed E-state index contributed by atoms with van der Waals surface area (Å²) in [4.78, 5) is 12.0. The molecule has 0 spiro atoms. The molecule has 22 heavy (non-hydrogen) atoms. The Hall–Kier alpha value is -1.75. The van der Waals surface area contributed by atoms with Crippen LogP contribution < -0.4 is 11.1 Å². The first-order valence-corrected chi connectivity index (χ1v) is 7.82. The van der Waals surface area contributed by atoms with Gasteiger partial charge >= 0.3 is 6.09 Å². The maximum Gasteiger partial charge on any atom is 0.412 e. The Bertz CT molecular complexity index is 543. The van der Waals surface area contributed by atoms with Crippen molar-refractivity contribution < 1.29 is 14.6 Å². The summed E-state index contributed by atoms with van der Waals surface area (Å²) in [7, 11) is 0. The summed E-state index contributed by atoms with van der Waals surface area (Å²) in [6, 6.07) is 4.87. The van der Waals surface area contributed by atoms with E-state index < -0.39 is 17.2 Å². The second-order valence-electron chi connectivity index (χ2n) is 7.07. The summed E-state index contributed by atoms with van der Waals surface area (Å²) in [6.45, 7) is 5.45. The van der Waals surface area contributed by atoms with Crippen LogP contribution in [0.2, 0.25) is 0 Å². The lowest BCUT2D eigenvalue weighted by Crippen LogP contribution is -2.39. The van der Waals surface area contributed by atoms with Gasteiger partial charge in [-0.05, 0) is 57.4 Å². The number of hydrogen-bond donors (Lipinski definition) is 3. The Balaban J connectivity index is 2.26. The molecule has 0 heterocycles.